The summed E-state index contributed by atoms with van der Waals surface area (Å²) in [7, 11) is -10.3. The predicted octanol–water partition coefficient (Wildman–Crippen LogP) is 5.38. The molecule has 46 heavy (non-hydrogen) atoms. The number of esters is 2. The number of ether oxygens (including phenoxy) is 3. The fourth-order valence-electron chi connectivity index (χ4n) is 5.28. The molecule has 0 aromatic carbocycles. The second-order valence-corrected chi connectivity index (χ2v) is 14.0. The number of rotatable bonds is 27. The van der Waals surface area contributed by atoms with Gasteiger partial charge in [-0.15, -0.1) is 0 Å². The van der Waals surface area contributed by atoms with Crippen LogP contribution in [0.3, 0.4) is 0 Å². The zero-order valence-corrected chi connectivity index (χ0v) is 29.0. The summed E-state index contributed by atoms with van der Waals surface area (Å²) in [5, 5.41) is 10.7. The molecule has 1 heterocycles. The first-order valence-electron chi connectivity index (χ1n) is 16.8. The number of hydrogen-bond acceptors (Lipinski definition) is 12. The maximum absolute atomic E-state index is 12.8. The van der Waals surface area contributed by atoms with E-state index >= 15 is 0 Å². The van der Waals surface area contributed by atoms with E-state index in [1.165, 1.54) is 32.1 Å². The van der Waals surface area contributed by atoms with E-state index in [4.69, 9.17) is 18.8 Å². The third kappa shape index (κ3) is 20.8. The Hall–Kier alpha value is -1.40. The lowest BCUT2D eigenvalue weighted by Crippen LogP contribution is -2.62. The lowest BCUT2D eigenvalue weighted by atomic mass is 9.98. The minimum absolute atomic E-state index is 0.0444. The van der Waals surface area contributed by atoms with E-state index in [9.17, 15) is 36.1 Å². The molecule has 1 aliphatic rings. The van der Waals surface area contributed by atoms with Gasteiger partial charge in [0.15, 0.2) is 18.5 Å². The first-order chi connectivity index (χ1) is 21.8. The van der Waals surface area contributed by atoms with Crippen LogP contribution in [-0.4, -0.2) is 80.3 Å². The van der Waals surface area contributed by atoms with Crippen molar-refractivity contribution in [2.45, 2.75) is 173 Å². The van der Waals surface area contributed by atoms with Gasteiger partial charge in [-0.2, -0.15) is 16.8 Å². The molecule has 0 unspecified atom stereocenters. The van der Waals surface area contributed by atoms with Gasteiger partial charge in [0, 0.05) is 12.8 Å². The topological polar surface area (TPSA) is 209 Å². The van der Waals surface area contributed by atoms with Gasteiger partial charge in [0.1, 0.15) is 12.2 Å². The molecule has 0 bridgehead atoms. The molecule has 1 fully saturated rings. The fourth-order valence-corrected chi connectivity index (χ4v) is 6.10. The Morgan fingerprint density at radius 2 is 0.978 bits per heavy atom. The molecule has 0 radical (unpaired) electrons. The minimum Gasteiger partial charge on any atom is -0.455 e. The monoisotopic (exact) mass is 704 g/mol. The van der Waals surface area contributed by atoms with Crippen molar-refractivity contribution in [1.29, 1.82) is 0 Å². The zero-order valence-electron chi connectivity index (χ0n) is 27.4. The maximum Gasteiger partial charge on any atom is 0.397 e. The molecule has 5 atom stereocenters. The van der Waals surface area contributed by atoms with Crippen LogP contribution in [0.5, 0.6) is 0 Å². The van der Waals surface area contributed by atoms with Crippen LogP contribution in [0.15, 0.2) is 0 Å². The van der Waals surface area contributed by atoms with Crippen molar-refractivity contribution < 1.29 is 63.2 Å². The van der Waals surface area contributed by atoms with Crippen molar-refractivity contribution in [2.24, 2.45) is 0 Å². The first kappa shape index (κ1) is 42.6. The van der Waals surface area contributed by atoms with E-state index in [1.54, 1.807) is 0 Å². The van der Waals surface area contributed by atoms with E-state index in [-0.39, 0.29) is 12.8 Å². The van der Waals surface area contributed by atoms with Gasteiger partial charge in [0.2, 0.25) is 0 Å². The van der Waals surface area contributed by atoms with Gasteiger partial charge >= 0.3 is 32.7 Å². The maximum atomic E-state index is 12.8. The molecule has 272 valence electrons. The van der Waals surface area contributed by atoms with E-state index < -0.39 is 70.0 Å². The van der Waals surface area contributed by atoms with Gasteiger partial charge in [-0.1, -0.05) is 117 Å². The van der Waals surface area contributed by atoms with Crippen LogP contribution in [0.2, 0.25) is 0 Å². The molecule has 3 N–H and O–H groups in total. The zero-order chi connectivity index (χ0) is 34.4. The standard InChI is InChI=1S/C30H56O14S2/c1-3-5-7-9-11-13-15-17-19-21-25(31)42-28-27(44-46(37,38)39)24(23-40-45(34,35)36)41-30(33)29(28)43-26(32)22-20-18-16-14-12-10-8-6-4-2/h24,27-30,33H,3-23H2,1-2H3,(H,34,35,36)(H,37,38,39)/t24-,27-,28+,29-,30+/m1/s1. The molecule has 0 spiro atoms. The highest BCUT2D eigenvalue weighted by atomic mass is 32.3. The van der Waals surface area contributed by atoms with Crippen LogP contribution >= 0.6 is 0 Å². The molecule has 0 amide bonds. The number of unbranched alkanes of at least 4 members (excludes halogenated alkanes) is 16. The summed E-state index contributed by atoms with van der Waals surface area (Å²) < 4.78 is 89.0. The number of carbonyl (C=O) groups excluding carboxylic acids is 2. The average Bonchev–Trinajstić information content (AvgIpc) is 2.96. The van der Waals surface area contributed by atoms with Gasteiger partial charge in [0.05, 0.1) is 6.61 Å². The predicted molar refractivity (Wildman–Crippen MR) is 168 cm³/mol. The van der Waals surface area contributed by atoms with E-state index in [2.05, 4.69) is 22.2 Å². The molecule has 0 saturated carbocycles. The third-order valence-electron chi connectivity index (χ3n) is 7.73. The molecule has 1 aliphatic heterocycles. The summed E-state index contributed by atoms with van der Waals surface area (Å²) in [4.78, 5) is 25.5. The first-order valence-corrected chi connectivity index (χ1v) is 19.5. The molecule has 0 aromatic rings. The van der Waals surface area contributed by atoms with Crippen molar-refractivity contribution in [3.63, 3.8) is 0 Å². The Morgan fingerprint density at radius 3 is 1.37 bits per heavy atom. The normalized spacial score (nSPS) is 22.1. The minimum atomic E-state index is -5.28. The molecular weight excluding hydrogens is 648 g/mol. The van der Waals surface area contributed by atoms with Crippen molar-refractivity contribution in [1.82, 2.24) is 0 Å². The number of hydrogen-bond donors (Lipinski definition) is 3. The highest BCUT2D eigenvalue weighted by Crippen LogP contribution is 2.30. The molecular formula is C30H56O14S2. The highest BCUT2D eigenvalue weighted by molar-refractivity contribution is 7.81. The molecule has 1 rings (SSSR count). The summed E-state index contributed by atoms with van der Waals surface area (Å²) in [6.07, 6.45) is 8.32. The van der Waals surface area contributed by atoms with Crippen molar-refractivity contribution in [2.75, 3.05) is 6.61 Å². The lowest BCUT2D eigenvalue weighted by molar-refractivity contribution is -0.288. The van der Waals surface area contributed by atoms with Crippen molar-refractivity contribution in [3.8, 4) is 0 Å². The van der Waals surface area contributed by atoms with Crippen LogP contribution in [0.25, 0.3) is 0 Å². The van der Waals surface area contributed by atoms with E-state index in [1.807, 2.05) is 0 Å². The second kappa shape index (κ2) is 23.8. The molecule has 1 saturated heterocycles. The Labute approximate surface area is 275 Å². The molecule has 0 aliphatic carbocycles. The van der Waals surface area contributed by atoms with Gasteiger partial charge in [-0.05, 0) is 12.8 Å². The van der Waals surface area contributed by atoms with Crippen LogP contribution in [0, 0.1) is 0 Å². The van der Waals surface area contributed by atoms with Crippen molar-refractivity contribution in [3.05, 3.63) is 0 Å². The van der Waals surface area contributed by atoms with E-state index in [0.717, 1.165) is 70.6 Å². The van der Waals surface area contributed by atoms with Crippen LogP contribution in [0.4, 0.5) is 0 Å². The largest absolute Gasteiger partial charge is 0.455 e. The van der Waals surface area contributed by atoms with Gasteiger partial charge in [-0.3, -0.25) is 18.7 Å². The lowest BCUT2D eigenvalue weighted by Gasteiger charge is -2.42. The number of carbonyl (C=O) groups is 2. The summed E-state index contributed by atoms with van der Waals surface area (Å²) in [5.74, 6) is -1.62. The van der Waals surface area contributed by atoms with Crippen LogP contribution in [0.1, 0.15) is 142 Å². The fraction of sp³-hybridized carbons (Fsp3) is 0.933. The van der Waals surface area contributed by atoms with Crippen LogP contribution in [-0.2, 0) is 53.0 Å². The SMILES string of the molecule is CCCCCCCCCCCC(=O)O[C@@H]1[C@@H](OC(=O)CCCCCCCCCCC)[C@@H](O)O[C@H](COS(=O)(=O)O)[C@H]1OS(=O)(=O)O. The van der Waals surface area contributed by atoms with Gasteiger partial charge in [-0.25, -0.2) is 8.37 Å². The Bertz CT molecular complexity index is 1050. The molecule has 16 heteroatoms. The number of aliphatic hydroxyl groups is 1. The Balaban J connectivity index is 2.87. The molecule has 14 nitrogen and oxygen atoms in total. The summed E-state index contributed by atoms with van der Waals surface area (Å²) in [6.45, 7) is 3.21. The molecule has 0 aromatic heterocycles. The van der Waals surface area contributed by atoms with Crippen molar-refractivity contribution >= 4 is 32.7 Å². The second-order valence-electron chi connectivity index (χ2n) is 11.8. The summed E-state index contributed by atoms with van der Waals surface area (Å²) in [5.41, 5.74) is 0. The van der Waals surface area contributed by atoms with Gasteiger partial charge < -0.3 is 19.3 Å². The Morgan fingerprint density at radius 1 is 0.587 bits per heavy atom. The van der Waals surface area contributed by atoms with Gasteiger partial charge in [0.25, 0.3) is 0 Å². The summed E-state index contributed by atoms with van der Waals surface area (Å²) >= 11 is 0. The highest BCUT2D eigenvalue weighted by Gasteiger charge is 2.52. The quantitative estimate of drug-likeness (QED) is 0.0557. The van der Waals surface area contributed by atoms with E-state index in [0.29, 0.717) is 12.8 Å². The Kier molecular flexibility index (Phi) is 22.1. The third-order valence-corrected chi connectivity index (χ3v) is 8.63. The smallest absolute Gasteiger partial charge is 0.397 e. The number of aliphatic hydroxyl groups excluding tert-OH is 1. The van der Waals surface area contributed by atoms with Crippen LogP contribution < -0.4 is 0 Å². The summed E-state index contributed by atoms with van der Waals surface area (Å²) in [6, 6.07) is 0. The average molecular weight is 705 g/mol.